The molecule has 1 heterocycles. The van der Waals surface area contributed by atoms with E-state index in [1.165, 1.54) is 19.1 Å². The number of hydrogen-bond donors (Lipinski definition) is 0. The van der Waals surface area contributed by atoms with Gasteiger partial charge < -0.3 is 9.26 Å². The maximum atomic E-state index is 12.9. The fourth-order valence-corrected chi connectivity index (χ4v) is 2.64. The van der Waals surface area contributed by atoms with Crippen LogP contribution in [0.4, 0.5) is 13.2 Å². The SMILES string of the molecule is CC(OC(=O)CCC(=O)c1ccccc1)c1nc(-c2cccc(C(F)(F)F)c2)no1. The first kappa shape index (κ1) is 21.2. The van der Waals surface area contributed by atoms with Crippen LogP contribution in [-0.4, -0.2) is 21.9 Å². The summed E-state index contributed by atoms with van der Waals surface area (Å²) >= 11 is 0. The number of benzene rings is 2. The highest BCUT2D eigenvalue weighted by molar-refractivity contribution is 5.97. The van der Waals surface area contributed by atoms with Crippen molar-refractivity contribution in [1.82, 2.24) is 10.1 Å². The average Bonchev–Trinajstić information content (AvgIpc) is 3.23. The number of esters is 1. The Morgan fingerprint density at radius 3 is 2.50 bits per heavy atom. The fraction of sp³-hybridized carbons (Fsp3) is 0.238. The van der Waals surface area contributed by atoms with E-state index in [9.17, 15) is 22.8 Å². The molecule has 0 aliphatic carbocycles. The van der Waals surface area contributed by atoms with Crippen LogP contribution in [-0.2, 0) is 15.7 Å². The molecule has 3 aromatic rings. The van der Waals surface area contributed by atoms with E-state index in [0.717, 1.165) is 12.1 Å². The van der Waals surface area contributed by atoms with Crippen LogP contribution in [0.15, 0.2) is 59.1 Å². The summed E-state index contributed by atoms with van der Waals surface area (Å²) in [6.07, 6.45) is -5.57. The minimum Gasteiger partial charge on any atom is -0.453 e. The van der Waals surface area contributed by atoms with Crippen LogP contribution in [0.2, 0.25) is 0 Å². The molecule has 0 aliphatic heterocycles. The lowest BCUT2D eigenvalue weighted by Gasteiger charge is -2.09. The zero-order chi connectivity index (χ0) is 21.7. The Labute approximate surface area is 169 Å². The summed E-state index contributed by atoms with van der Waals surface area (Å²) in [5.74, 6) is -0.946. The van der Waals surface area contributed by atoms with Crippen molar-refractivity contribution >= 4 is 11.8 Å². The zero-order valence-electron chi connectivity index (χ0n) is 15.8. The Morgan fingerprint density at radius 1 is 1.07 bits per heavy atom. The number of carbonyl (C=O) groups is 2. The van der Waals surface area contributed by atoms with Crippen molar-refractivity contribution in [3.05, 3.63) is 71.6 Å². The van der Waals surface area contributed by atoms with Gasteiger partial charge in [0.2, 0.25) is 5.82 Å². The third-order valence-electron chi connectivity index (χ3n) is 4.20. The van der Waals surface area contributed by atoms with Gasteiger partial charge in [-0.3, -0.25) is 9.59 Å². The number of carbonyl (C=O) groups excluding carboxylic acids is 2. The quantitative estimate of drug-likeness (QED) is 0.396. The Balaban J connectivity index is 1.59. The normalized spacial score (nSPS) is 12.4. The topological polar surface area (TPSA) is 82.3 Å². The second kappa shape index (κ2) is 8.89. The lowest BCUT2D eigenvalue weighted by atomic mass is 10.1. The Morgan fingerprint density at radius 2 is 1.80 bits per heavy atom. The minimum atomic E-state index is -4.50. The molecule has 1 atom stereocenters. The highest BCUT2D eigenvalue weighted by Gasteiger charge is 2.31. The first-order valence-electron chi connectivity index (χ1n) is 9.03. The van der Waals surface area contributed by atoms with Crippen LogP contribution in [0.3, 0.4) is 0 Å². The maximum Gasteiger partial charge on any atom is 0.416 e. The molecule has 30 heavy (non-hydrogen) atoms. The van der Waals surface area contributed by atoms with E-state index < -0.39 is 23.8 Å². The van der Waals surface area contributed by atoms with Crippen molar-refractivity contribution in [3.8, 4) is 11.4 Å². The Bertz CT molecular complexity index is 1030. The number of halogens is 3. The molecule has 0 N–H and O–H groups in total. The summed E-state index contributed by atoms with van der Waals surface area (Å²) in [7, 11) is 0. The molecule has 1 unspecified atom stereocenters. The van der Waals surface area contributed by atoms with Crippen LogP contribution < -0.4 is 0 Å². The molecule has 3 rings (SSSR count). The molecule has 0 radical (unpaired) electrons. The van der Waals surface area contributed by atoms with Crippen LogP contribution >= 0.6 is 0 Å². The average molecular weight is 418 g/mol. The zero-order valence-corrected chi connectivity index (χ0v) is 15.8. The van der Waals surface area contributed by atoms with Gasteiger partial charge in [-0.2, -0.15) is 18.2 Å². The number of rotatable bonds is 7. The van der Waals surface area contributed by atoms with Crippen molar-refractivity contribution in [2.45, 2.75) is 32.0 Å². The summed E-state index contributed by atoms with van der Waals surface area (Å²) in [6.45, 7) is 1.49. The molecule has 156 valence electrons. The lowest BCUT2D eigenvalue weighted by Crippen LogP contribution is -2.11. The molecule has 0 aliphatic rings. The molecule has 0 amide bonds. The standard InChI is InChI=1S/C21H17F3N2O4/c1-13(29-18(28)11-10-17(27)14-6-3-2-4-7-14)20-25-19(26-30-20)15-8-5-9-16(12-15)21(22,23)24/h2-9,12-13H,10-11H2,1H3. The van der Waals surface area contributed by atoms with Gasteiger partial charge in [-0.05, 0) is 19.1 Å². The van der Waals surface area contributed by atoms with E-state index >= 15 is 0 Å². The highest BCUT2D eigenvalue weighted by atomic mass is 19.4. The predicted octanol–water partition coefficient (Wildman–Crippen LogP) is 5.02. The Kier molecular flexibility index (Phi) is 6.29. The van der Waals surface area contributed by atoms with Gasteiger partial charge in [-0.25, -0.2) is 0 Å². The van der Waals surface area contributed by atoms with Gasteiger partial charge >= 0.3 is 12.1 Å². The van der Waals surface area contributed by atoms with Gasteiger partial charge in [0, 0.05) is 17.5 Å². The third kappa shape index (κ3) is 5.31. The first-order valence-corrected chi connectivity index (χ1v) is 9.03. The molecule has 0 saturated carbocycles. The maximum absolute atomic E-state index is 12.9. The van der Waals surface area contributed by atoms with Crippen molar-refractivity contribution in [2.24, 2.45) is 0 Å². The molecular formula is C21H17F3N2O4. The second-order valence-electron chi connectivity index (χ2n) is 6.46. The van der Waals surface area contributed by atoms with E-state index in [1.807, 2.05) is 0 Å². The molecule has 0 bridgehead atoms. The molecular weight excluding hydrogens is 401 g/mol. The summed E-state index contributed by atoms with van der Waals surface area (Å²) < 4.78 is 48.8. The first-order chi connectivity index (χ1) is 14.2. The van der Waals surface area contributed by atoms with Gasteiger partial charge in [-0.1, -0.05) is 47.6 Å². The summed E-state index contributed by atoms with van der Waals surface area (Å²) in [4.78, 5) is 28.0. The molecule has 9 heteroatoms. The fourth-order valence-electron chi connectivity index (χ4n) is 2.64. The molecule has 2 aromatic carbocycles. The molecule has 1 aromatic heterocycles. The van der Waals surface area contributed by atoms with Crippen molar-refractivity contribution in [1.29, 1.82) is 0 Å². The number of ketones is 1. The summed E-state index contributed by atoms with van der Waals surface area (Å²) in [5, 5.41) is 3.65. The summed E-state index contributed by atoms with van der Waals surface area (Å²) in [5.41, 5.74) is -0.221. The van der Waals surface area contributed by atoms with E-state index in [1.54, 1.807) is 30.3 Å². The Hall–Kier alpha value is -3.49. The van der Waals surface area contributed by atoms with Crippen molar-refractivity contribution < 1.29 is 32.0 Å². The lowest BCUT2D eigenvalue weighted by molar-refractivity contribution is -0.149. The van der Waals surface area contributed by atoms with Gasteiger partial charge in [-0.15, -0.1) is 0 Å². The van der Waals surface area contributed by atoms with E-state index in [0.29, 0.717) is 5.56 Å². The second-order valence-corrected chi connectivity index (χ2v) is 6.46. The largest absolute Gasteiger partial charge is 0.453 e. The third-order valence-corrected chi connectivity index (χ3v) is 4.20. The number of hydrogen-bond acceptors (Lipinski definition) is 6. The monoisotopic (exact) mass is 418 g/mol. The van der Waals surface area contributed by atoms with Crippen LogP contribution in [0.1, 0.15) is 47.7 Å². The molecule has 0 spiro atoms. The number of alkyl halides is 3. The molecule has 6 nitrogen and oxygen atoms in total. The smallest absolute Gasteiger partial charge is 0.416 e. The number of nitrogens with zero attached hydrogens (tertiary/aromatic N) is 2. The van der Waals surface area contributed by atoms with E-state index in [-0.39, 0.29) is 35.9 Å². The highest BCUT2D eigenvalue weighted by Crippen LogP contribution is 2.31. The number of Topliss-reactive ketones (excluding diaryl/α,β-unsaturated/α-hetero) is 1. The van der Waals surface area contributed by atoms with Crippen molar-refractivity contribution in [2.75, 3.05) is 0 Å². The minimum absolute atomic E-state index is 0.0190. The summed E-state index contributed by atoms with van der Waals surface area (Å²) in [6, 6.07) is 13.0. The van der Waals surface area contributed by atoms with Crippen LogP contribution in [0.25, 0.3) is 11.4 Å². The van der Waals surface area contributed by atoms with Crippen LogP contribution in [0.5, 0.6) is 0 Å². The van der Waals surface area contributed by atoms with Gasteiger partial charge in [0.05, 0.1) is 12.0 Å². The van der Waals surface area contributed by atoms with E-state index in [4.69, 9.17) is 9.26 Å². The number of aromatic nitrogens is 2. The van der Waals surface area contributed by atoms with Gasteiger partial charge in [0.15, 0.2) is 11.9 Å². The van der Waals surface area contributed by atoms with Crippen molar-refractivity contribution in [3.63, 3.8) is 0 Å². The van der Waals surface area contributed by atoms with Gasteiger partial charge in [0.25, 0.3) is 5.89 Å². The molecule has 0 saturated heterocycles. The number of ether oxygens (including phenoxy) is 1. The van der Waals surface area contributed by atoms with Gasteiger partial charge in [0.1, 0.15) is 0 Å². The van der Waals surface area contributed by atoms with E-state index in [2.05, 4.69) is 10.1 Å². The predicted molar refractivity (Wildman–Crippen MR) is 99.2 cm³/mol. The molecule has 0 fully saturated rings. The van der Waals surface area contributed by atoms with Crippen LogP contribution in [0, 0.1) is 0 Å².